The van der Waals surface area contributed by atoms with Crippen LogP contribution in [-0.4, -0.2) is 30.7 Å². The molecule has 5 nitrogen and oxygen atoms in total. The molecule has 0 amide bonds. The summed E-state index contributed by atoms with van der Waals surface area (Å²) < 4.78 is 4.25. The van der Waals surface area contributed by atoms with Gasteiger partial charge in [0.2, 0.25) is 0 Å². The predicted octanol–water partition coefficient (Wildman–Crippen LogP) is 5.17. The van der Waals surface area contributed by atoms with E-state index in [0.717, 1.165) is 33.3 Å². The normalized spacial score (nSPS) is 11.8. The molecule has 0 fully saturated rings. The number of thioether (sulfide) groups is 1. The Balaban J connectivity index is 1.66. The Kier molecular flexibility index (Phi) is 4.75. The summed E-state index contributed by atoms with van der Waals surface area (Å²) in [6.45, 7) is 10.4. The lowest BCUT2D eigenvalue weighted by Crippen LogP contribution is -2.08. The lowest BCUT2D eigenvalue weighted by atomic mass is 10.1. The number of para-hydroxylation sites is 1. The monoisotopic (exact) mass is 392 g/mol. The maximum atomic E-state index is 12.9. The van der Waals surface area contributed by atoms with Crippen LogP contribution in [-0.2, 0) is 0 Å². The fourth-order valence-corrected chi connectivity index (χ4v) is 4.87. The molecule has 0 unspecified atom stereocenters. The SMILES string of the molecule is Cc1cc2nnc(SCC(=O)c3cc(C)n(C(C)C)c3C)n2c2ccccc12. The molecule has 3 aromatic heterocycles. The molecule has 0 N–H and O–H groups in total. The second kappa shape index (κ2) is 7.09. The van der Waals surface area contributed by atoms with Gasteiger partial charge in [0, 0.05) is 28.4 Å². The predicted molar refractivity (Wildman–Crippen MR) is 115 cm³/mol. The van der Waals surface area contributed by atoms with Crippen molar-refractivity contribution in [3.63, 3.8) is 0 Å². The molecule has 4 rings (SSSR count). The van der Waals surface area contributed by atoms with Crippen molar-refractivity contribution < 1.29 is 4.79 Å². The molecule has 0 atom stereocenters. The molecule has 28 heavy (non-hydrogen) atoms. The van der Waals surface area contributed by atoms with Crippen LogP contribution in [0.1, 0.15) is 47.2 Å². The minimum atomic E-state index is 0.123. The van der Waals surface area contributed by atoms with Crippen LogP contribution in [0, 0.1) is 20.8 Å². The Morgan fingerprint density at radius 2 is 1.86 bits per heavy atom. The van der Waals surface area contributed by atoms with Crippen molar-refractivity contribution in [3.05, 3.63) is 58.9 Å². The number of hydrogen-bond donors (Lipinski definition) is 0. The van der Waals surface area contributed by atoms with Gasteiger partial charge < -0.3 is 4.57 Å². The van der Waals surface area contributed by atoms with Crippen molar-refractivity contribution >= 4 is 34.1 Å². The third-order valence-corrected chi connectivity index (χ3v) is 6.14. The van der Waals surface area contributed by atoms with Gasteiger partial charge in [0.1, 0.15) is 0 Å². The number of benzene rings is 1. The van der Waals surface area contributed by atoms with Crippen LogP contribution in [0.2, 0.25) is 0 Å². The Morgan fingerprint density at radius 1 is 1.11 bits per heavy atom. The molecule has 0 bridgehead atoms. The number of Topliss-reactive ketones (excluding diaryl/α,β-unsaturated/α-hetero) is 1. The number of hydrogen-bond acceptors (Lipinski definition) is 4. The van der Waals surface area contributed by atoms with Gasteiger partial charge in [0.05, 0.1) is 11.3 Å². The highest BCUT2D eigenvalue weighted by Gasteiger charge is 2.19. The molecule has 144 valence electrons. The summed E-state index contributed by atoms with van der Waals surface area (Å²) in [5, 5.41) is 10.6. The van der Waals surface area contributed by atoms with E-state index < -0.39 is 0 Å². The van der Waals surface area contributed by atoms with Gasteiger partial charge in [-0.3, -0.25) is 9.20 Å². The van der Waals surface area contributed by atoms with Gasteiger partial charge in [-0.2, -0.15) is 0 Å². The van der Waals surface area contributed by atoms with Crippen molar-refractivity contribution in [2.75, 3.05) is 5.75 Å². The molecule has 0 spiro atoms. The Hall–Kier alpha value is -2.60. The zero-order valence-corrected chi connectivity index (χ0v) is 17.7. The Bertz CT molecular complexity index is 1200. The number of carbonyl (C=O) groups excluding carboxylic acids is 1. The number of aromatic nitrogens is 4. The first-order valence-corrected chi connectivity index (χ1v) is 10.4. The van der Waals surface area contributed by atoms with Gasteiger partial charge in [-0.1, -0.05) is 30.0 Å². The van der Waals surface area contributed by atoms with Crippen LogP contribution < -0.4 is 0 Å². The second-order valence-electron chi connectivity index (χ2n) is 7.48. The molecule has 6 heteroatoms. The highest BCUT2D eigenvalue weighted by Crippen LogP contribution is 2.27. The van der Waals surface area contributed by atoms with E-state index in [1.807, 2.05) is 35.6 Å². The molecule has 0 aliphatic rings. The van der Waals surface area contributed by atoms with E-state index in [0.29, 0.717) is 11.8 Å². The number of pyridine rings is 1. The van der Waals surface area contributed by atoms with Crippen LogP contribution in [0.5, 0.6) is 0 Å². The fraction of sp³-hybridized carbons (Fsp3) is 0.318. The first kappa shape index (κ1) is 18.7. The minimum absolute atomic E-state index is 0.123. The molecule has 0 aliphatic carbocycles. The van der Waals surface area contributed by atoms with Gasteiger partial charge in [-0.15, -0.1) is 10.2 Å². The molecule has 0 aliphatic heterocycles. The molecular formula is C22H24N4OS. The summed E-state index contributed by atoms with van der Waals surface area (Å²) in [6, 6.07) is 12.6. The molecule has 0 saturated heterocycles. The number of nitrogens with zero attached hydrogens (tertiary/aromatic N) is 4. The van der Waals surface area contributed by atoms with Crippen molar-refractivity contribution in [2.45, 2.75) is 45.8 Å². The fourth-order valence-electron chi connectivity index (χ4n) is 4.03. The average molecular weight is 393 g/mol. The largest absolute Gasteiger partial charge is 0.346 e. The summed E-state index contributed by atoms with van der Waals surface area (Å²) in [5.74, 6) is 0.462. The quantitative estimate of drug-likeness (QED) is 0.347. The average Bonchev–Trinajstić information content (AvgIpc) is 3.20. The van der Waals surface area contributed by atoms with Gasteiger partial charge in [0.15, 0.2) is 16.6 Å². The second-order valence-corrected chi connectivity index (χ2v) is 8.42. The number of aryl methyl sites for hydroxylation is 2. The summed E-state index contributed by atoms with van der Waals surface area (Å²) in [4.78, 5) is 12.9. The summed E-state index contributed by atoms with van der Waals surface area (Å²) in [6.07, 6.45) is 0. The molecule has 1 aromatic carbocycles. The maximum absolute atomic E-state index is 12.9. The summed E-state index contributed by atoms with van der Waals surface area (Å²) >= 11 is 1.44. The number of fused-ring (bicyclic) bond motifs is 3. The number of rotatable bonds is 5. The summed E-state index contributed by atoms with van der Waals surface area (Å²) in [5.41, 5.74) is 6.00. The smallest absolute Gasteiger partial charge is 0.196 e. The van der Waals surface area contributed by atoms with Gasteiger partial charge in [-0.25, -0.2) is 0 Å². The third-order valence-electron chi connectivity index (χ3n) is 5.21. The van der Waals surface area contributed by atoms with Crippen molar-refractivity contribution in [1.29, 1.82) is 0 Å². The van der Waals surface area contributed by atoms with Gasteiger partial charge >= 0.3 is 0 Å². The van der Waals surface area contributed by atoms with Crippen LogP contribution in [0.3, 0.4) is 0 Å². The topological polar surface area (TPSA) is 52.2 Å². The van der Waals surface area contributed by atoms with E-state index in [-0.39, 0.29) is 5.78 Å². The highest BCUT2D eigenvalue weighted by atomic mass is 32.2. The Morgan fingerprint density at radius 3 is 2.57 bits per heavy atom. The van der Waals surface area contributed by atoms with Gasteiger partial charge in [0.25, 0.3) is 0 Å². The van der Waals surface area contributed by atoms with E-state index in [1.165, 1.54) is 22.7 Å². The first-order valence-electron chi connectivity index (χ1n) is 9.46. The van der Waals surface area contributed by atoms with Crippen LogP contribution in [0.15, 0.2) is 41.6 Å². The standard InChI is InChI=1S/C22H24N4OS/c1-13(2)25-15(4)11-18(16(25)5)20(27)12-28-22-24-23-21-10-14(3)17-8-6-7-9-19(17)26(21)22/h6-11,13H,12H2,1-5H3. The zero-order chi connectivity index (χ0) is 20.0. The van der Waals surface area contributed by atoms with Crippen molar-refractivity contribution in [1.82, 2.24) is 19.2 Å². The zero-order valence-electron chi connectivity index (χ0n) is 16.9. The molecule has 0 radical (unpaired) electrons. The van der Waals surface area contributed by atoms with E-state index in [2.05, 4.69) is 54.6 Å². The summed E-state index contributed by atoms with van der Waals surface area (Å²) in [7, 11) is 0. The number of carbonyl (C=O) groups is 1. The van der Waals surface area contributed by atoms with E-state index in [1.54, 1.807) is 0 Å². The van der Waals surface area contributed by atoms with Crippen molar-refractivity contribution in [2.24, 2.45) is 0 Å². The Labute approximate surface area is 168 Å². The van der Waals surface area contributed by atoms with E-state index >= 15 is 0 Å². The molecule has 4 aromatic rings. The van der Waals surface area contributed by atoms with Crippen LogP contribution in [0.25, 0.3) is 16.6 Å². The maximum Gasteiger partial charge on any atom is 0.196 e. The molecule has 3 heterocycles. The lowest BCUT2D eigenvalue weighted by Gasteiger charge is -2.13. The highest BCUT2D eigenvalue weighted by molar-refractivity contribution is 7.99. The third kappa shape index (κ3) is 3.02. The van der Waals surface area contributed by atoms with Crippen LogP contribution >= 0.6 is 11.8 Å². The minimum Gasteiger partial charge on any atom is -0.346 e. The van der Waals surface area contributed by atoms with Crippen molar-refractivity contribution in [3.8, 4) is 0 Å². The number of ketones is 1. The van der Waals surface area contributed by atoms with Crippen LogP contribution in [0.4, 0.5) is 0 Å². The first-order chi connectivity index (χ1) is 13.4. The van der Waals surface area contributed by atoms with Gasteiger partial charge in [-0.05, 0) is 58.4 Å². The van der Waals surface area contributed by atoms with E-state index in [9.17, 15) is 4.79 Å². The molecule has 0 saturated carbocycles. The van der Waals surface area contributed by atoms with E-state index in [4.69, 9.17) is 0 Å². The lowest BCUT2D eigenvalue weighted by molar-refractivity contribution is 0.102. The molecular weight excluding hydrogens is 368 g/mol.